The van der Waals surface area contributed by atoms with Crippen molar-refractivity contribution in [3.63, 3.8) is 0 Å². The molecule has 0 fully saturated rings. The van der Waals surface area contributed by atoms with Crippen LogP contribution in [0.15, 0.2) is 71.6 Å². The lowest BCUT2D eigenvalue weighted by atomic mass is 10.1. The second-order valence-corrected chi connectivity index (χ2v) is 10.4. The standard InChI is InChI=1S/C26H29ClN2O3S/c1-19-11-14-23(15-12-19)33(31,32)29(25-17-20(2)10-13-21(25)3)18-26(30)28-16-6-8-22-7-4-5-9-24(22)27/h4-5,7,9-15,17H,6,8,16,18H2,1-3H3,(H,28,30). The molecule has 3 aromatic rings. The number of anilines is 1. The summed E-state index contributed by atoms with van der Waals surface area (Å²) in [6.45, 7) is 5.76. The molecule has 0 spiro atoms. The third kappa shape index (κ3) is 6.36. The van der Waals surface area contributed by atoms with Gasteiger partial charge >= 0.3 is 0 Å². The summed E-state index contributed by atoms with van der Waals surface area (Å²) in [5.74, 6) is -0.356. The quantitative estimate of drug-likeness (QED) is 0.424. The van der Waals surface area contributed by atoms with Crippen molar-refractivity contribution in [2.45, 2.75) is 38.5 Å². The van der Waals surface area contributed by atoms with Crippen molar-refractivity contribution >= 4 is 33.2 Å². The van der Waals surface area contributed by atoms with Crippen LogP contribution in [-0.4, -0.2) is 27.4 Å². The van der Waals surface area contributed by atoms with Crippen LogP contribution in [0.3, 0.4) is 0 Å². The highest BCUT2D eigenvalue weighted by Crippen LogP contribution is 2.28. The van der Waals surface area contributed by atoms with Crippen molar-refractivity contribution in [2.24, 2.45) is 0 Å². The maximum absolute atomic E-state index is 13.5. The number of halogens is 1. The van der Waals surface area contributed by atoms with E-state index in [1.54, 1.807) is 30.3 Å². The van der Waals surface area contributed by atoms with E-state index in [0.717, 1.165) is 28.7 Å². The summed E-state index contributed by atoms with van der Waals surface area (Å²) in [4.78, 5) is 12.9. The number of rotatable bonds is 9. The van der Waals surface area contributed by atoms with Gasteiger partial charge in [-0.25, -0.2) is 8.42 Å². The number of carbonyl (C=O) groups is 1. The van der Waals surface area contributed by atoms with Crippen molar-refractivity contribution in [1.29, 1.82) is 0 Å². The molecule has 5 nitrogen and oxygen atoms in total. The minimum atomic E-state index is -3.93. The van der Waals surface area contributed by atoms with E-state index in [1.165, 1.54) is 4.31 Å². The largest absolute Gasteiger partial charge is 0.355 e. The SMILES string of the molecule is Cc1ccc(S(=O)(=O)N(CC(=O)NCCCc2ccccc2Cl)c2cc(C)ccc2C)cc1. The summed E-state index contributed by atoms with van der Waals surface area (Å²) in [6.07, 6.45) is 1.42. The molecule has 3 aromatic carbocycles. The molecule has 0 unspecified atom stereocenters. The maximum Gasteiger partial charge on any atom is 0.264 e. The smallest absolute Gasteiger partial charge is 0.264 e. The van der Waals surface area contributed by atoms with E-state index in [-0.39, 0.29) is 17.3 Å². The lowest BCUT2D eigenvalue weighted by molar-refractivity contribution is -0.119. The van der Waals surface area contributed by atoms with Crippen LogP contribution in [-0.2, 0) is 21.2 Å². The van der Waals surface area contributed by atoms with Crippen LogP contribution in [0.4, 0.5) is 5.69 Å². The van der Waals surface area contributed by atoms with Gasteiger partial charge in [0.15, 0.2) is 0 Å². The van der Waals surface area contributed by atoms with Gasteiger partial charge in [0.2, 0.25) is 5.91 Å². The molecule has 0 aliphatic heterocycles. The van der Waals surface area contributed by atoms with E-state index in [9.17, 15) is 13.2 Å². The number of nitrogens with zero attached hydrogens (tertiary/aromatic N) is 1. The molecule has 3 rings (SSSR count). The molecule has 7 heteroatoms. The minimum absolute atomic E-state index is 0.153. The molecule has 0 saturated carbocycles. The summed E-state index contributed by atoms with van der Waals surface area (Å²) >= 11 is 6.19. The van der Waals surface area contributed by atoms with Crippen LogP contribution in [0.5, 0.6) is 0 Å². The van der Waals surface area contributed by atoms with Gasteiger partial charge in [0, 0.05) is 11.6 Å². The van der Waals surface area contributed by atoms with Crippen LogP contribution in [0.25, 0.3) is 0 Å². The summed E-state index contributed by atoms with van der Waals surface area (Å²) in [5, 5.41) is 3.55. The Morgan fingerprint density at radius 1 is 0.939 bits per heavy atom. The van der Waals surface area contributed by atoms with Gasteiger partial charge in [-0.05, 0) is 74.6 Å². The van der Waals surface area contributed by atoms with E-state index in [4.69, 9.17) is 11.6 Å². The van der Waals surface area contributed by atoms with Gasteiger partial charge in [0.25, 0.3) is 10.0 Å². The van der Waals surface area contributed by atoms with Gasteiger partial charge < -0.3 is 5.32 Å². The molecular formula is C26H29ClN2O3S. The van der Waals surface area contributed by atoms with E-state index < -0.39 is 10.0 Å². The summed E-state index contributed by atoms with van der Waals surface area (Å²) in [6, 6.07) is 19.8. The highest BCUT2D eigenvalue weighted by molar-refractivity contribution is 7.92. The second kappa shape index (κ2) is 10.9. The van der Waals surface area contributed by atoms with Crippen LogP contribution < -0.4 is 9.62 Å². The number of hydrogen-bond donors (Lipinski definition) is 1. The number of sulfonamides is 1. The number of aryl methyl sites for hydroxylation is 4. The number of hydrogen-bond acceptors (Lipinski definition) is 3. The van der Waals surface area contributed by atoms with Gasteiger partial charge in [-0.1, -0.05) is 59.6 Å². The fourth-order valence-corrected chi connectivity index (χ4v) is 5.23. The van der Waals surface area contributed by atoms with Crippen LogP contribution in [0.1, 0.15) is 28.7 Å². The maximum atomic E-state index is 13.5. The highest BCUT2D eigenvalue weighted by Gasteiger charge is 2.28. The zero-order valence-corrected chi connectivity index (χ0v) is 20.7. The average molecular weight is 485 g/mol. The first-order valence-corrected chi connectivity index (χ1v) is 12.7. The fraction of sp³-hybridized carbons (Fsp3) is 0.269. The normalized spacial score (nSPS) is 11.3. The van der Waals surface area contributed by atoms with Gasteiger partial charge in [-0.2, -0.15) is 0 Å². The van der Waals surface area contributed by atoms with E-state index >= 15 is 0 Å². The Morgan fingerprint density at radius 2 is 1.61 bits per heavy atom. The first kappa shape index (κ1) is 24.8. The fourth-order valence-electron chi connectivity index (χ4n) is 3.52. The van der Waals surface area contributed by atoms with Crippen molar-refractivity contribution in [3.05, 3.63) is 94.0 Å². The number of benzene rings is 3. The molecule has 0 bridgehead atoms. The predicted octanol–water partition coefficient (Wildman–Crippen LogP) is 5.21. The molecule has 0 radical (unpaired) electrons. The van der Waals surface area contributed by atoms with Crippen molar-refractivity contribution in [1.82, 2.24) is 5.32 Å². The molecule has 0 heterocycles. The highest BCUT2D eigenvalue weighted by atomic mass is 35.5. The monoisotopic (exact) mass is 484 g/mol. The first-order chi connectivity index (χ1) is 15.7. The molecule has 1 amide bonds. The Bertz CT molecular complexity index is 1220. The summed E-state index contributed by atoms with van der Waals surface area (Å²) in [7, 11) is -3.93. The molecule has 0 aliphatic rings. The van der Waals surface area contributed by atoms with Crippen molar-refractivity contribution in [2.75, 3.05) is 17.4 Å². The lowest BCUT2D eigenvalue weighted by Crippen LogP contribution is -2.41. The molecule has 33 heavy (non-hydrogen) atoms. The Morgan fingerprint density at radius 3 is 2.30 bits per heavy atom. The molecule has 0 atom stereocenters. The minimum Gasteiger partial charge on any atom is -0.355 e. The zero-order chi connectivity index (χ0) is 24.0. The Hall–Kier alpha value is -2.83. The van der Waals surface area contributed by atoms with Crippen LogP contribution in [0, 0.1) is 20.8 Å². The molecule has 1 N–H and O–H groups in total. The molecular weight excluding hydrogens is 456 g/mol. The van der Waals surface area contributed by atoms with Gasteiger partial charge in [0.1, 0.15) is 6.54 Å². The number of carbonyl (C=O) groups excluding carboxylic acids is 1. The number of amides is 1. The summed E-state index contributed by atoms with van der Waals surface area (Å²) < 4.78 is 28.3. The Kier molecular flexibility index (Phi) is 8.16. The molecule has 0 saturated heterocycles. The topological polar surface area (TPSA) is 66.5 Å². The van der Waals surface area contributed by atoms with Crippen molar-refractivity contribution in [3.8, 4) is 0 Å². The van der Waals surface area contributed by atoms with Crippen molar-refractivity contribution < 1.29 is 13.2 Å². The third-order valence-corrected chi connectivity index (χ3v) is 7.58. The van der Waals surface area contributed by atoms with Crippen LogP contribution in [0.2, 0.25) is 5.02 Å². The predicted molar refractivity (Wildman–Crippen MR) is 134 cm³/mol. The van der Waals surface area contributed by atoms with Gasteiger partial charge in [-0.15, -0.1) is 0 Å². The third-order valence-electron chi connectivity index (χ3n) is 5.43. The summed E-state index contributed by atoms with van der Waals surface area (Å²) in [5.41, 5.74) is 4.18. The lowest BCUT2D eigenvalue weighted by Gasteiger charge is -2.26. The molecule has 174 valence electrons. The van der Waals surface area contributed by atoms with Crippen LogP contribution >= 0.6 is 11.6 Å². The first-order valence-electron chi connectivity index (χ1n) is 10.9. The van der Waals surface area contributed by atoms with Gasteiger partial charge in [-0.3, -0.25) is 9.10 Å². The van der Waals surface area contributed by atoms with E-state index in [0.29, 0.717) is 23.7 Å². The average Bonchev–Trinajstić information content (AvgIpc) is 2.78. The number of nitrogens with one attached hydrogen (secondary N) is 1. The second-order valence-electron chi connectivity index (χ2n) is 8.16. The molecule has 0 aliphatic carbocycles. The zero-order valence-electron chi connectivity index (χ0n) is 19.1. The van der Waals surface area contributed by atoms with E-state index in [2.05, 4.69) is 5.32 Å². The Balaban J connectivity index is 1.77. The Labute approximate surface area is 201 Å². The van der Waals surface area contributed by atoms with E-state index in [1.807, 2.05) is 57.2 Å². The van der Waals surface area contributed by atoms with Gasteiger partial charge in [0.05, 0.1) is 10.6 Å². The molecule has 0 aromatic heterocycles.